The first-order chi connectivity index (χ1) is 18.1. The summed E-state index contributed by atoms with van der Waals surface area (Å²) in [5.41, 5.74) is 1.62. The molecule has 3 unspecified atom stereocenters. The van der Waals surface area contributed by atoms with Gasteiger partial charge in [-0.15, -0.1) is 0 Å². The van der Waals surface area contributed by atoms with E-state index in [1.54, 1.807) is 24.3 Å². The summed E-state index contributed by atoms with van der Waals surface area (Å²) in [6, 6.07) is 17.0. The highest BCUT2D eigenvalue weighted by molar-refractivity contribution is 5.94. The van der Waals surface area contributed by atoms with Gasteiger partial charge in [-0.2, -0.15) is 13.2 Å². The standard InChI is InChI=1S/C30H27F4NO3/c31-26-12-11-24(30(32,33)34)16-25(26)19-2-7-21(8-3-19)29(17-18-1-6-23(29)15-18)22-9-4-20(5-10-22)28(38)35-14-13-27(36)37/h2-5,7-12,16,18,23H,1,6,13-15,17H2,(H,35,38)(H,36,37). The maximum atomic E-state index is 14.5. The van der Waals surface area contributed by atoms with Gasteiger partial charge in [0, 0.05) is 23.1 Å². The maximum absolute atomic E-state index is 14.5. The van der Waals surface area contributed by atoms with Gasteiger partial charge in [-0.05, 0) is 78.1 Å². The molecular formula is C30H27F4NO3. The molecule has 198 valence electrons. The molecule has 1 amide bonds. The first kappa shape index (κ1) is 25.9. The third-order valence-corrected chi connectivity index (χ3v) is 8.14. The Morgan fingerprint density at radius 1 is 0.947 bits per heavy atom. The van der Waals surface area contributed by atoms with Crippen molar-refractivity contribution in [2.45, 2.75) is 43.7 Å². The third-order valence-electron chi connectivity index (χ3n) is 8.14. The Kier molecular flexibility index (Phi) is 6.75. The molecule has 2 saturated carbocycles. The molecule has 0 heterocycles. The molecule has 0 aliphatic heterocycles. The Morgan fingerprint density at radius 3 is 2.16 bits per heavy atom. The van der Waals surface area contributed by atoms with Gasteiger partial charge >= 0.3 is 12.1 Å². The highest BCUT2D eigenvalue weighted by atomic mass is 19.4. The molecule has 4 nitrogen and oxygen atoms in total. The number of nitrogens with one attached hydrogen (secondary N) is 1. The molecule has 38 heavy (non-hydrogen) atoms. The minimum absolute atomic E-state index is 0.0441. The van der Waals surface area contributed by atoms with E-state index < -0.39 is 23.5 Å². The molecule has 3 aromatic carbocycles. The predicted molar refractivity (Wildman–Crippen MR) is 134 cm³/mol. The van der Waals surface area contributed by atoms with Crippen molar-refractivity contribution in [3.05, 3.63) is 94.8 Å². The molecule has 2 fully saturated rings. The number of benzene rings is 3. The second kappa shape index (κ2) is 9.89. The SMILES string of the molecule is O=C(O)CCNC(=O)c1ccc(C2(c3ccc(-c4cc(C(F)(F)F)ccc4F)cc3)CC3CCC2C3)cc1. The van der Waals surface area contributed by atoms with Crippen LogP contribution < -0.4 is 5.32 Å². The molecule has 8 heteroatoms. The van der Waals surface area contributed by atoms with Gasteiger partial charge in [-0.3, -0.25) is 9.59 Å². The average Bonchev–Trinajstić information content (AvgIpc) is 3.51. The molecule has 0 saturated heterocycles. The lowest BCUT2D eigenvalue weighted by atomic mass is 9.64. The predicted octanol–water partition coefficient (Wildman–Crippen LogP) is 6.82. The second-order valence-electron chi connectivity index (χ2n) is 10.3. The van der Waals surface area contributed by atoms with Gasteiger partial charge in [0.1, 0.15) is 5.82 Å². The van der Waals surface area contributed by atoms with Crippen molar-refractivity contribution < 1.29 is 32.3 Å². The number of carboxylic acid groups (broad SMARTS) is 1. The third kappa shape index (κ3) is 4.79. The zero-order chi connectivity index (χ0) is 27.1. The number of carboxylic acids is 1. The molecule has 2 aliphatic rings. The molecule has 5 rings (SSSR count). The van der Waals surface area contributed by atoms with Gasteiger partial charge in [0.2, 0.25) is 0 Å². The number of aliphatic carboxylic acids is 1. The van der Waals surface area contributed by atoms with Crippen LogP contribution in [0.5, 0.6) is 0 Å². The summed E-state index contributed by atoms with van der Waals surface area (Å²) in [5, 5.41) is 11.4. The van der Waals surface area contributed by atoms with Crippen molar-refractivity contribution in [1.82, 2.24) is 5.32 Å². The Morgan fingerprint density at radius 2 is 1.61 bits per heavy atom. The quantitative estimate of drug-likeness (QED) is 0.333. The molecule has 0 spiro atoms. The van der Waals surface area contributed by atoms with E-state index in [-0.39, 0.29) is 29.9 Å². The van der Waals surface area contributed by atoms with Crippen LogP contribution in [0.1, 0.15) is 59.2 Å². The van der Waals surface area contributed by atoms with Crippen molar-refractivity contribution in [3.8, 4) is 11.1 Å². The molecular weight excluding hydrogens is 498 g/mol. The molecule has 0 aromatic heterocycles. The molecule has 2 bridgehead atoms. The molecule has 3 aromatic rings. The van der Waals surface area contributed by atoms with Crippen LogP contribution in [-0.4, -0.2) is 23.5 Å². The van der Waals surface area contributed by atoms with E-state index in [9.17, 15) is 27.2 Å². The number of hydrogen-bond donors (Lipinski definition) is 2. The van der Waals surface area contributed by atoms with E-state index in [1.165, 1.54) is 0 Å². The average molecular weight is 526 g/mol. The fraction of sp³-hybridized carbons (Fsp3) is 0.333. The molecule has 2 aliphatic carbocycles. The fourth-order valence-corrected chi connectivity index (χ4v) is 6.38. The minimum Gasteiger partial charge on any atom is -0.481 e. The van der Waals surface area contributed by atoms with E-state index in [1.807, 2.05) is 24.3 Å². The lowest BCUT2D eigenvalue weighted by Gasteiger charge is -2.39. The number of amides is 1. The maximum Gasteiger partial charge on any atom is 0.416 e. The highest BCUT2D eigenvalue weighted by Gasteiger charge is 2.52. The lowest BCUT2D eigenvalue weighted by molar-refractivity contribution is -0.138. The molecule has 3 atom stereocenters. The first-order valence-corrected chi connectivity index (χ1v) is 12.7. The zero-order valence-electron chi connectivity index (χ0n) is 20.5. The summed E-state index contributed by atoms with van der Waals surface area (Å²) in [4.78, 5) is 23.1. The summed E-state index contributed by atoms with van der Waals surface area (Å²) in [6.45, 7) is 0.0441. The molecule has 2 N–H and O–H groups in total. The van der Waals surface area contributed by atoms with E-state index >= 15 is 0 Å². The summed E-state index contributed by atoms with van der Waals surface area (Å²) in [6.07, 6.45) is -0.484. The number of carbonyl (C=O) groups is 2. The van der Waals surface area contributed by atoms with Crippen LogP contribution in [0.3, 0.4) is 0 Å². The largest absolute Gasteiger partial charge is 0.481 e. The van der Waals surface area contributed by atoms with Crippen molar-refractivity contribution in [2.75, 3.05) is 6.54 Å². The lowest BCUT2D eigenvalue weighted by Crippen LogP contribution is -2.34. The highest BCUT2D eigenvalue weighted by Crippen LogP contribution is 2.60. The van der Waals surface area contributed by atoms with Crippen LogP contribution in [0.15, 0.2) is 66.7 Å². The molecule has 0 radical (unpaired) electrons. The summed E-state index contributed by atoms with van der Waals surface area (Å²) in [7, 11) is 0. The zero-order valence-corrected chi connectivity index (χ0v) is 20.5. The summed E-state index contributed by atoms with van der Waals surface area (Å²) in [5.74, 6) is -1.08. The van der Waals surface area contributed by atoms with Crippen molar-refractivity contribution in [2.24, 2.45) is 11.8 Å². The topological polar surface area (TPSA) is 66.4 Å². The van der Waals surface area contributed by atoms with Crippen LogP contribution in [0.4, 0.5) is 17.6 Å². The van der Waals surface area contributed by atoms with Crippen LogP contribution in [-0.2, 0) is 16.4 Å². The fourth-order valence-electron chi connectivity index (χ4n) is 6.38. The number of rotatable bonds is 7. The van der Waals surface area contributed by atoms with Gasteiger partial charge in [0.15, 0.2) is 0 Å². The van der Waals surface area contributed by atoms with E-state index in [0.717, 1.165) is 55.0 Å². The van der Waals surface area contributed by atoms with Crippen LogP contribution in [0.2, 0.25) is 0 Å². The van der Waals surface area contributed by atoms with E-state index in [4.69, 9.17) is 5.11 Å². The second-order valence-corrected chi connectivity index (χ2v) is 10.3. The number of hydrogen-bond acceptors (Lipinski definition) is 2. The van der Waals surface area contributed by atoms with Gasteiger partial charge in [0.05, 0.1) is 12.0 Å². The van der Waals surface area contributed by atoms with Crippen LogP contribution in [0.25, 0.3) is 11.1 Å². The Bertz CT molecular complexity index is 1350. The van der Waals surface area contributed by atoms with Crippen molar-refractivity contribution >= 4 is 11.9 Å². The van der Waals surface area contributed by atoms with Crippen molar-refractivity contribution in [3.63, 3.8) is 0 Å². The number of carbonyl (C=O) groups excluding carboxylic acids is 1. The first-order valence-electron chi connectivity index (χ1n) is 12.7. The Hall–Kier alpha value is -3.68. The summed E-state index contributed by atoms with van der Waals surface area (Å²) < 4.78 is 54.1. The van der Waals surface area contributed by atoms with Gasteiger partial charge in [0.25, 0.3) is 5.91 Å². The Labute approximate surface area is 217 Å². The number of halogens is 4. The Balaban J connectivity index is 1.45. The van der Waals surface area contributed by atoms with E-state index in [2.05, 4.69) is 5.32 Å². The van der Waals surface area contributed by atoms with Crippen LogP contribution in [0, 0.1) is 17.7 Å². The minimum atomic E-state index is -4.56. The normalized spacial score (nSPS) is 22.4. The van der Waals surface area contributed by atoms with E-state index in [0.29, 0.717) is 23.0 Å². The van der Waals surface area contributed by atoms with Crippen LogP contribution >= 0.6 is 0 Å². The van der Waals surface area contributed by atoms with Gasteiger partial charge in [-0.25, -0.2) is 4.39 Å². The van der Waals surface area contributed by atoms with Gasteiger partial charge in [-0.1, -0.05) is 42.8 Å². The monoisotopic (exact) mass is 525 g/mol. The number of fused-ring (bicyclic) bond motifs is 2. The van der Waals surface area contributed by atoms with Crippen molar-refractivity contribution in [1.29, 1.82) is 0 Å². The number of alkyl halides is 3. The van der Waals surface area contributed by atoms with Gasteiger partial charge < -0.3 is 10.4 Å². The summed E-state index contributed by atoms with van der Waals surface area (Å²) >= 11 is 0. The smallest absolute Gasteiger partial charge is 0.416 e.